The number of rotatable bonds is 15. The van der Waals surface area contributed by atoms with Crippen LogP contribution in [0.15, 0.2) is 0 Å². The van der Waals surface area contributed by atoms with E-state index in [1.165, 1.54) is 102 Å². The summed E-state index contributed by atoms with van der Waals surface area (Å²) in [6, 6.07) is 0. The van der Waals surface area contributed by atoms with E-state index in [2.05, 4.69) is 23.2 Å². The second kappa shape index (κ2) is 17.5. The van der Waals surface area contributed by atoms with Crippen molar-refractivity contribution in [3.05, 3.63) is 0 Å². The Balaban J connectivity index is -0.00000144. The molecule has 0 fully saturated rings. The van der Waals surface area contributed by atoms with Gasteiger partial charge in [0.1, 0.15) is 0 Å². The third kappa shape index (κ3) is 16.5. The Kier molecular flexibility index (Phi) is 18.1. The average molecular weight is 268 g/mol. The third-order valence-electron chi connectivity index (χ3n) is 3.81. The molecule has 0 saturated heterocycles. The summed E-state index contributed by atoms with van der Waals surface area (Å²) >= 11 is 2.82. The first-order valence-electron chi connectivity index (χ1n) is 8.62. The van der Waals surface area contributed by atoms with Gasteiger partial charge in [-0.3, -0.25) is 0 Å². The predicted octanol–water partition coefficient (Wildman–Crippen LogP) is 6.67. The van der Waals surface area contributed by atoms with Crippen molar-refractivity contribution in [1.82, 2.24) is 0 Å². The van der Waals surface area contributed by atoms with Gasteiger partial charge in [-0.05, 0) is 0 Å². The van der Waals surface area contributed by atoms with E-state index in [0.717, 1.165) is 0 Å². The zero-order valence-corrected chi connectivity index (χ0v) is 14.0. The van der Waals surface area contributed by atoms with Crippen LogP contribution in [0.4, 0.5) is 0 Å². The fourth-order valence-electron chi connectivity index (χ4n) is 2.52. The molecule has 0 aromatic carbocycles. The first kappa shape index (κ1) is 18.5. The van der Waals surface area contributed by atoms with Crippen molar-refractivity contribution >= 4 is 16.3 Å². The van der Waals surface area contributed by atoms with Gasteiger partial charge in [-0.15, -0.1) is 0 Å². The Morgan fingerprint density at radius 2 is 0.778 bits per heavy atom. The molecule has 0 unspecified atom stereocenters. The number of hydrogen-bond acceptors (Lipinski definition) is 0. The summed E-state index contributed by atoms with van der Waals surface area (Å²) in [4.78, 5) is 0. The van der Waals surface area contributed by atoms with Crippen molar-refractivity contribution in [2.75, 3.05) is 0 Å². The van der Waals surface area contributed by atoms with Crippen molar-refractivity contribution in [3.8, 4) is 0 Å². The van der Waals surface area contributed by atoms with Crippen LogP contribution in [0, 0.1) is 0 Å². The third-order valence-corrected chi connectivity index (χ3v) is 4.22. The van der Waals surface area contributed by atoms with Crippen molar-refractivity contribution in [2.24, 2.45) is 0 Å². The maximum atomic E-state index is 2.82. The normalized spacial score (nSPS) is 11.1. The summed E-state index contributed by atoms with van der Waals surface area (Å²) in [5.41, 5.74) is 0. The summed E-state index contributed by atoms with van der Waals surface area (Å²) in [6.45, 7) is 2.29. The van der Waals surface area contributed by atoms with Gasteiger partial charge in [-0.2, -0.15) is 0 Å². The van der Waals surface area contributed by atoms with Gasteiger partial charge in [0, 0.05) is 0 Å². The molecule has 0 rings (SSSR count). The van der Waals surface area contributed by atoms with Gasteiger partial charge in [0.2, 0.25) is 0 Å². The van der Waals surface area contributed by atoms with E-state index in [9.17, 15) is 0 Å². The summed E-state index contributed by atoms with van der Waals surface area (Å²) in [5.74, 6) is 0. The minimum Gasteiger partial charge on any atom is -1.00 e. The molecule has 108 valence electrons. The Morgan fingerprint density at radius 1 is 0.500 bits per heavy atom. The van der Waals surface area contributed by atoms with Gasteiger partial charge in [-0.1, -0.05) is 32.6 Å². The Labute approximate surface area is 128 Å². The van der Waals surface area contributed by atoms with Crippen LogP contribution >= 0.6 is 0 Å². The molecule has 18 heavy (non-hydrogen) atoms. The van der Waals surface area contributed by atoms with E-state index in [-0.39, 0.29) is 2.85 Å². The van der Waals surface area contributed by atoms with Crippen LogP contribution in [0.25, 0.3) is 0 Å². The molecule has 0 radical (unpaired) electrons. The first-order valence-corrected chi connectivity index (χ1v) is 9.43. The molecule has 0 saturated carbocycles. The molecule has 0 aliphatic rings. The van der Waals surface area contributed by atoms with Gasteiger partial charge < -0.3 is 2.85 Å². The van der Waals surface area contributed by atoms with Crippen LogP contribution in [0.3, 0.4) is 0 Å². The van der Waals surface area contributed by atoms with Crippen LogP contribution in [-0.2, 0) is 0 Å². The van der Waals surface area contributed by atoms with Crippen LogP contribution in [-0.4, -0.2) is 16.3 Å². The maximum absolute atomic E-state index is 2.82. The zero-order chi connectivity index (χ0) is 13.3. The SMILES string of the molecule is CCCCCCCCCCCCCCCC[CH2][Al+2].[H-].[H-]. The summed E-state index contributed by atoms with van der Waals surface area (Å²) in [6.07, 6.45) is 21.9. The summed E-state index contributed by atoms with van der Waals surface area (Å²) in [7, 11) is 0. The molecule has 0 N–H and O–H groups in total. The van der Waals surface area contributed by atoms with E-state index in [0.29, 0.717) is 0 Å². The van der Waals surface area contributed by atoms with Gasteiger partial charge in [-0.25, -0.2) is 0 Å². The predicted molar refractivity (Wildman–Crippen MR) is 87.7 cm³/mol. The monoisotopic (exact) mass is 268 g/mol. The van der Waals surface area contributed by atoms with Crippen LogP contribution in [0.5, 0.6) is 0 Å². The van der Waals surface area contributed by atoms with Crippen LogP contribution < -0.4 is 0 Å². The number of unbranched alkanes of at least 4 members (excludes halogenated alkanes) is 14. The van der Waals surface area contributed by atoms with E-state index >= 15 is 0 Å². The molecule has 0 aromatic heterocycles. The zero-order valence-electron chi connectivity index (χ0n) is 14.9. The standard InChI is InChI=1S/C17H35.Al.2H/c1-3-5-7-9-11-13-15-17-16-14-12-10-8-6-4-2;;;/h1,3-17H2,2H3;;;/q;+2;2*-1. The van der Waals surface area contributed by atoms with E-state index in [1.54, 1.807) is 0 Å². The fourth-order valence-corrected chi connectivity index (χ4v) is 2.80. The second-order valence-corrected chi connectivity index (χ2v) is 6.32. The van der Waals surface area contributed by atoms with Crippen LogP contribution in [0.1, 0.15) is 106 Å². The largest absolute Gasteiger partial charge is 1.00 e. The summed E-state index contributed by atoms with van der Waals surface area (Å²) < 4.78 is 0. The van der Waals surface area contributed by atoms with Gasteiger partial charge in [0.25, 0.3) is 0 Å². The molecule has 0 aromatic rings. The quantitative estimate of drug-likeness (QED) is 0.230. The Hall–Kier alpha value is 0.532. The molecule has 0 aliphatic heterocycles. The average Bonchev–Trinajstić information content (AvgIpc) is 2.39. The van der Waals surface area contributed by atoms with Gasteiger partial charge in [0.15, 0.2) is 0 Å². The van der Waals surface area contributed by atoms with Crippen LogP contribution in [0.2, 0.25) is 5.28 Å². The Morgan fingerprint density at radius 3 is 1.06 bits per heavy atom. The van der Waals surface area contributed by atoms with Gasteiger partial charge in [0.05, 0.1) is 0 Å². The molecular weight excluding hydrogens is 231 g/mol. The fraction of sp³-hybridized carbons (Fsp3) is 1.00. The van der Waals surface area contributed by atoms with E-state index < -0.39 is 0 Å². The maximum Gasteiger partial charge on any atom is -1.00 e. The smallest absolute Gasteiger partial charge is 1.00 e. The van der Waals surface area contributed by atoms with Gasteiger partial charge >= 0.3 is 92.2 Å². The molecule has 0 amide bonds. The van der Waals surface area contributed by atoms with E-state index in [4.69, 9.17) is 0 Å². The molecule has 0 spiro atoms. The topological polar surface area (TPSA) is 0 Å². The molecule has 0 aliphatic carbocycles. The molecule has 0 nitrogen and oxygen atoms in total. The molecular formula is C17H37Al. The second-order valence-electron chi connectivity index (χ2n) is 5.74. The Bertz CT molecular complexity index is 127. The van der Waals surface area contributed by atoms with E-state index in [1.807, 2.05) is 0 Å². The summed E-state index contributed by atoms with van der Waals surface area (Å²) in [5, 5.41) is 1.29. The first-order chi connectivity index (χ1) is 8.91. The van der Waals surface area contributed by atoms with Crippen molar-refractivity contribution in [3.63, 3.8) is 0 Å². The minimum atomic E-state index is 0. The van der Waals surface area contributed by atoms with Crippen molar-refractivity contribution < 1.29 is 2.85 Å². The molecule has 0 bridgehead atoms. The molecule has 0 atom stereocenters. The molecule has 1 heteroatoms. The molecule has 0 heterocycles. The van der Waals surface area contributed by atoms with Crippen molar-refractivity contribution in [2.45, 2.75) is 109 Å². The number of hydrogen-bond donors (Lipinski definition) is 0. The minimum absolute atomic E-state index is 0. The van der Waals surface area contributed by atoms with Crippen molar-refractivity contribution in [1.29, 1.82) is 0 Å².